The standard InChI is InChI=1S/C27H39N3O5/c1-19(2)30-13-8-10-21(18-30)28-27(32)23-17-25(35-16-15-33-4)22-11-7-12-24(26(22)29-23)34-14-6-5-9-20(3)31/h7,11-12,17,19,21H,5-6,8-10,13-16,18H2,1-4H3,(H,28,32)/t21-/m1/s1. The molecule has 192 valence electrons. The highest BCUT2D eigenvalue weighted by Crippen LogP contribution is 2.32. The summed E-state index contributed by atoms with van der Waals surface area (Å²) in [7, 11) is 1.62. The van der Waals surface area contributed by atoms with Crippen LogP contribution in [-0.2, 0) is 9.53 Å². The molecule has 0 bridgehead atoms. The van der Waals surface area contributed by atoms with Gasteiger partial charge in [-0.1, -0.05) is 6.07 Å². The zero-order chi connectivity index (χ0) is 25.2. The fraction of sp³-hybridized carbons (Fsp3) is 0.593. The van der Waals surface area contributed by atoms with Crippen LogP contribution in [0.3, 0.4) is 0 Å². The third-order valence-electron chi connectivity index (χ3n) is 6.24. The first kappa shape index (κ1) is 26.9. The van der Waals surface area contributed by atoms with Gasteiger partial charge in [-0.2, -0.15) is 0 Å². The summed E-state index contributed by atoms with van der Waals surface area (Å²) in [5.74, 6) is 1.14. The Bertz CT molecular complexity index is 994. The third-order valence-corrected chi connectivity index (χ3v) is 6.24. The SMILES string of the molecule is COCCOc1cc(C(=O)N[C@@H]2CCCN(C(C)C)C2)nc2c(OCCCCC(C)=O)cccc12. The van der Waals surface area contributed by atoms with Gasteiger partial charge in [0.1, 0.15) is 35.1 Å². The Morgan fingerprint density at radius 1 is 1.14 bits per heavy atom. The number of Topliss-reactive ketones (excluding diaryl/α,β-unsaturated/α-hetero) is 1. The topological polar surface area (TPSA) is 90.0 Å². The Balaban J connectivity index is 1.81. The minimum absolute atomic E-state index is 0.0850. The van der Waals surface area contributed by atoms with E-state index in [1.165, 1.54) is 0 Å². The lowest BCUT2D eigenvalue weighted by atomic mass is 10.0. The number of likely N-dealkylation sites (tertiary alicyclic amines) is 1. The van der Waals surface area contributed by atoms with Crippen molar-refractivity contribution in [2.45, 2.75) is 65.0 Å². The van der Waals surface area contributed by atoms with Crippen molar-refractivity contribution in [1.29, 1.82) is 0 Å². The molecule has 8 nitrogen and oxygen atoms in total. The number of unbranched alkanes of at least 4 members (excludes halogenated alkanes) is 1. The number of ketones is 1. The summed E-state index contributed by atoms with van der Waals surface area (Å²) in [6.07, 6.45) is 4.10. The number of aromatic nitrogens is 1. The second-order valence-electron chi connectivity index (χ2n) is 9.41. The van der Waals surface area contributed by atoms with Gasteiger partial charge in [0.15, 0.2) is 0 Å². The molecule has 0 radical (unpaired) electrons. The maximum Gasteiger partial charge on any atom is 0.270 e. The van der Waals surface area contributed by atoms with Gasteiger partial charge < -0.3 is 24.3 Å². The van der Waals surface area contributed by atoms with E-state index in [1.54, 1.807) is 20.1 Å². The van der Waals surface area contributed by atoms with E-state index in [9.17, 15) is 9.59 Å². The van der Waals surface area contributed by atoms with E-state index in [0.717, 1.165) is 44.2 Å². The van der Waals surface area contributed by atoms with Crippen molar-refractivity contribution < 1.29 is 23.8 Å². The van der Waals surface area contributed by atoms with Crippen molar-refractivity contribution in [3.63, 3.8) is 0 Å². The predicted octanol–water partition coefficient (Wildman–Crippen LogP) is 4.00. The number of nitrogens with zero attached hydrogens (tertiary/aromatic N) is 2. The average Bonchev–Trinajstić information content (AvgIpc) is 2.84. The third kappa shape index (κ3) is 7.90. The number of para-hydroxylation sites is 1. The second kappa shape index (κ2) is 13.4. The van der Waals surface area contributed by atoms with Crippen molar-refractivity contribution in [1.82, 2.24) is 15.2 Å². The molecule has 8 heteroatoms. The van der Waals surface area contributed by atoms with Gasteiger partial charge >= 0.3 is 0 Å². The van der Waals surface area contributed by atoms with E-state index in [2.05, 4.69) is 24.1 Å². The van der Waals surface area contributed by atoms with E-state index in [1.807, 2.05) is 18.2 Å². The highest BCUT2D eigenvalue weighted by Gasteiger charge is 2.24. The quantitative estimate of drug-likeness (QED) is 0.429. The number of carbonyl (C=O) groups is 2. The number of nitrogens with one attached hydrogen (secondary N) is 1. The molecule has 1 amide bonds. The van der Waals surface area contributed by atoms with Crippen LogP contribution in [-0.4, -0.2) is 73.7 Å². The largest absolute Gasteiger partial charge is 0.491 e. The molecule has 1 aliphatic heterocycles. The van der Waals surface area contributed by atoms with Gasteiger partial charge in [-0.25, -0.2) is 4.98 Å². The van der Waals surface area contributed by atoms with Crippen molar-refractivity contribution in [2.24, 2.45) is 0 Å². The number of rotatable bonds is 13. The van der Waals surface area contributed by atoms with Crippen LogP contribution in [0, 0.1) is 0 Å². The van der Waals surface area contributed by atoms with E-state index < -0.39 is 0 Å². The fourth-order valence-corrected chi connectivity index (χ4v) is 4.29. The first-order valence-corrected chi connectivity index (χ1v) is 12.6. The van der Waals surface area contributed by atoms with Gasteiger partial charge in [-0.05, 0) is 65.1 Å². The maximum absolute atomic E-state index is 13.2. The molecule has 1 atom stereocenters. The first-order valence-electron chi connectivity index (χ1n) is 12.6. The van der Waals surface area contributed by atoms with Crippen LogP contribution in [0.25, 0.3) is 10.9 Å². The molecule has 1 aliphatic rings. The molecule has 2 aromatic rings. The lowest BCUT2D eigenvalue weighted by molar-refractivity contribution is -0.117. The van der Waals surface area contributed by atoms with Gasteiger partial charge in [0.2, 0.25) is 0 Å². The van der Waals surface area contributed by atoms with Crippen LogP contribution < -0.4 is 14.8 Å². The van der Waals surface area contributed by atoms with E-state index in [4.69, 9.17) is 19.2 Å². The Morgan fingerprint density at radius 2 is 1.94 bits per heavy atom. The number of benzene rings is 1. The molecular formula is C27H39N3O5. The fourth-order valence-electron chi connectivity index (χ4n) is 4.29. The second-order valence-corrected chi connectivity index (χ2v) is 9.41. The highest BCUT2D eigenvalue weighted by atomic mass is 16.5. The molecule has 35 heavy (non-hydrogen) atoms. The maximum atomic E-state index is 13.2. The summed E-state index contributed by atoms with van der Waals surface area (Å²) < 4.78 is 17.1. The van der Waals surface area contributed by atoms with Crippen LogP contribution in [0.15, 0.2) is 24.3 Å². The monoisotopic (exact) mass is 485 g/mol. The number of fused-ring (bicyclic) bond motifs is 1. The molecule has 1 fully saturated rings. The van der Waals surface area contributed by atoms with Gasteiger partial charge in [0.05, 0.1) is 13.2 Å². The Morgan fingerprint density at radius 3 is 2.69 bits per heavy atom. The highest BCUT2D eigenvalue weighted by molar-refractivity contribution is 5.98. The molecule has 2 heterocycles. The lowest BCUT2D eigenvalue weighted by Gasteiger charge is -2.35. The van der Waals surface area contributed by atoms with Crippen molar-refractivity contribution in [2.75, 3.05) is 40.0 Å². The average molecular weight is 486 g/mol. The Hall–Kier alpha value is -2.71. The molecule has 1 N–H and O–H groups in total. The number of methoxy groups -OCH3 is 1. The van der Waals surface area contributed by atoms with Gasteiger partial charge in [0.25, 0.3) is 5.91 Å². The van der Waals surface area contributed by atoms with E-state index in [0.29, 0.717) is 55.0 Å². The molecule has 1 aromatic heterocycles. The molecule has 3 rings (SSSR count). The van der Waals surface area contributed by atoms with E-state index in [-0.39, 0.29) is 17.7 Å². The van der Waals surface area contributed by atoms with E-state index >= 15 is 0 Å². The van der Waals surface area contributed by atoms with Crippen LogP contribution in [0.4, 0.5) is 0 Å². The summed E-state index contributed by atoms with van der Waals surface area (Å²) in [6.45, 7) is 9.12. The minimum Gasteiger partial charge on any atom is -0.491 e. The number of hydrogen-bond donors (Lipinski definition) is 1. The number of amides is 1. The number of pyridine rings is 1. The minimum atomic E-state index is -0.213. The van der Waals surface area contributed by atoms with Crippen molar-refractivity contribution >= 4 is 22.6 Å². The van der Waals surface area contributed by atoms with Crippen LogP contribution in [0.5, 0.6) is 11.5 Å². The molecule has 0 aliphatic carbocycles. The molecule has 1 saturated heterocycles. The Labute approximate surface area is 208 Å². The summed E-state index contributed by atoms with van der Waals surface area (Å²) in [5.41, 5.74) is 0.894. The van der Waals surface area contributed by atoms with Gasteiger partial charge in [-0.15, -0.1) is 0 Å². The summed E-state index contributed by atoms with van der Waals surface area (Å²) >= 11 is 0. The zero-order valence-corrected chi connectivity index (χ0v) is 21.5. The smallest absolute Gasteiger partial charge is 0.270 e. The molecule has 0 saturated carbocycles. The van der Waals surface area contributed by atoms with Gasteiger partial charge in [-0.3, -0.25) is 9.69 Å². The normalized spacial score (nSPS) is 16.4. The van der Waals surface area contributed by atoms with Crippen molar-refractivity contribution in [3.05, 3.63) is 30.0 Å². The van der Waals surface area contributed by atoms with Crippen LogP contribution in [0.2, 0.25) is 0 Å². The number of hydrogen-bond acceptors (Lipinski definition) is 7. The van der Waals surface area contributed by atoms with Crippen LogP contribution in [0.1, 0.15) is 63.4 Å². The first-order chi connectivity index (χ1) is 16.9. The zero-order valence-electron chi connectivity index (χ0n) is 21.5. The number of piperidine rings is 1. The number of carbonyl (C=O) groups excluding carboxylic acids is 2. The summed E-state index contributed by atoms with van der Waals surface area (Å²) in [6, 6.07) is 7.89. The number of ether oxygens (including phenoxy) is 3. The predicted molar refractivity (Wildman–Crippen MR) is 136 cm³/mol. The lowest BCUT2D eigenvalue weighted by Crippen LogP contribution is -2.49. The summed E-state index contributed by atoms with van der Waals surface area (Å²) in [5, 5.41) is 3.95. The Kier molecular flexibility index (Phi) is 10.3. The molecule has 0 unspecified atom stereocenters. The van der Waals surface area contributed by atoms with Gasteiger partial charge in [0, 0.05) is 43.6 Å². The molecule has 1 aromatic carbocycles. The van der Waals surface area contributed by atoms with Crippen LogP contribution >= 0.6 is 0 Å². The molecule has 0 spiro atoms. The molecular weight excluding hydrogens is 446 g/mol. The van der Waals surface area contributed by atoms with Crippen molar-refractivity contribution in [3.8, 4) is 11.5 Å². The summed E-state index contributed by atoms with van der Waals surface area (Å²) in [4.78, 5) is 31.5.